The molecule has 2 heterocycles. The van der Waals surface area contributed by atoms with Crippen molar-refractivity contribution in [1.82, 2.24) is 4.31 Å². The highest BCUT2D eigenvalue weighted by atomic mass is 32.2. The molecule has 1 fully saturated rings. The van der Waals surface area contributed by atoms with Gasteiger partial charge in [-0.3, -0.25) is 0 Å². The van der Waals surface area contributed by atoms with Gasteiger partial charge in [0.25, 0.3) is 0 Å². The van der Waals surface area contributed by atoms with Gasteiger partial charge in [-0.2, -0.15) is 4.31 Å². The number of sulfone groups is 1. The van der Waals surface area contributed by atoms with E-state index in [0.717, 1.165) is 16.4 Å². The lowest BCUT2D eigenvalue weighted by molar-refractivity contribution is 0.423. The summed E-state index contributed by atoms with van der Waals surface area (Å²) in [7, 11) is -7.86. The maximum absolute atomic E-state index is 13.9. The zero-order valence-corrected chi connectivity index (χ0v) is 15.4. The van der Waals surface area contributed by atoms with Gasteiger partial charge in [-0.05, 0) is 36.1 Å². The summed E-state index contributed by atoms with van der Waals surface area (Å²) in [6.07, 6.45) is 0.0685. The Morgan fingerprint density at radius 3 is 2.60 bits per heavy atom. The highest BCUT2D eigenvalue weighted by Crippen LogP contribution is 2.34. The first-order valence-electron chi connectivity index (χ1n) is 7.42. The van der Waals surface area contributed by atoms with Gasteiger partial charge in [0.05, 0.1) is 11.0 Å². The van der Waals surface area contributed by atoms with E-state index in [9.17, 15) is 25.6 Å². The topological polar surface area (TPSA) is 71.5 Å². The number of thiophene rings is 1. The van der Waals surface area contributed by atoms with Gasteiger partial charge in [-0.15, -0.1) is 11.3 Å². The highest BCUT2D eigenvalue weighted by Gasteiger charge is 2.37. The first-order valence-corrected chi connectivity index (χ1v) is 11.5. The molecule has 1 aliphatic rings. The second kappa shape index (κ2) is 6.75. The van der Waals surface area contributed by atoms with E-state index in [2.05, 4.69) is 0 Å². The summed E-state index contributed by atoms with van der Waals surface area (Å²) in [6, 6.07) is 5.61. The van der Waals surface area contributed by atoms with Crippen LogP contribution in [0.25, 0.3) is 0 Å². The second-order valence-corrected chi connectivity index (χ2v) is 10.8. The Labute approximate surface area is 148 Å². The van der Waals surface area contributed by atoms with Crippen molar-refractivity contribution < 1.29 is 25.6 Å². The van der Waals surface area contributed by atoms with Crippen molar-refractivity contribution in [2.75, 3.05) is 18.8 Å². The van der Waals surface area contributed by atoms with Crippen molar-refractivity contribution >= 4 is 31.2 Å². The predicted molar refractivity (Wildman–Crippen MR) is 90.6 cm³/mol. The minimum absolute atomic E-state index is 0.0685. The minimum atomic E-state index is -4.32. The Balaban J connectivity index is 1.93. The number of hydrogen-bond donors (Lipinski definition) is 0. The zero-order chi connectivity index (χ0) is 18.2. The van der Waals surface area contributed by atoms with E-state index < -0.39 is 41.6 Å². The van der Waals surface area contributed by atoms with Crippen molar-refractivity contribution in [3.63, 3.8) is 0 Å². The van der Waals surface area contributed by atoms with Crippen molar-refractivity contribution in [2.24, 2.45) is 0 Å². The van der Waals surface area contributed by atoms with Crippen LogP contribution in [0.5, 0.6) is 0 Å². The summed E-state index contributed by atoms with van der Waals surface area (Å²) in [5.41, 5.74) is 0. The van der Waals surface area contributed by atoms with Crippen molar-refractivity contribution in [3.05, 3.63) is 52.2 Å². The van der Waals surface area contributed by atoms with Crippen LogP contribution in [-0.4, -0.2) is 40.0 Å². The van der Waals surface area contributed by atoms with E-state index >= 15 is 0 Å². The van der Waals surface area contributed by atoms with Gasteiger partial charge in [0.2, 0.25) is 10.0 Å². The average molecular weight is 407 g/mol. The molecule has 0 radical (unpaired) electrons. The van der Waals surface area contributed by atoms with Crippen molar-refractivity contribution in [2.45, 2.75) is 16.6 Å². The fourth-order valence-corrected chi connectivity index (χ4v) is 7.42. The van der Waals surface area contributed by atoms with Crippen molar-refractivity contribution in [3.8, 4) is 0 Å². The molecule has 1 saturated heterocycles. The molecule has 1 aromatic carbocycles. The molecule has 0 N–H and O–H groups in total. The van der Waals surface area contributed by atoms with Gasteiger partial charge >= 0.3 is 0 Å². The molecule has 1 atom stereocenters. The van der Waals surface area contributed by atoms with Crippen LogP contribution in [0.2, 0.25) is 0 Å². The Morgan fingerprint density at radius 2 is 1.92 bits per heavy atom. The molecular weight excluding hydrogens is 392 g/mol. The van der Waals surface area contributed by atoms with E-state index in [1.54, 1.807) is 17.5 Å². The molecule has 0 amide bonds. The maximum atomic E-state index is 13.9. The summed E-state index contributed by atoms with van der Waals surface area (Å²) in [4.78, 5) is -0.129. The number of benzene rings is 1. The Hall–Kier alpha value is -1.36. The van der Waals surface area contributed by atoms with Crippen LogP contribution >= 0.6 is 11.3 Å². The maximum Gasteiger partial charge on any atom is 0.246 e. The van der Waals surface area contributed by atoms with Crippen LogP contribution in [0.1, 0.15) is 16.5 Å². The first-order chi connectivity index (χ1) is 11.7. The monoisotopic (exact) mass is 407 g/mol. The number of halogens is 2. The molecule has 0 spiro atoms. The predicted octanol–water partition coefficient (Wildman–Crippen LogP) is 2.58. The molecule has 0 saturated carbocycles. The Kier molecular flexibility index (Phi) is 4.97. The fourth-order valence-electron chi connectivity index (χ4n) is 2.77. The molecule has 136 valence electrons. The Bertz CT molecular complexity index is 972. The molecule has 1 aliphatic heterocycles. The smallest absolute Gasteiger partial charge is 0.228 e. The fraction of sp³-hybridized carbons (Fsp3) is 0.333. The molecule has 1 aromatic heterocycles. The van der Waals surface area contributed by atoms with Crippen molar-refractivity contribution in [1.29, 1.82) is 0 Å². The summed E-state index contributed by atoms with van der Waals surface area (Å²) >= 11 is 1.29. The van der Waals surface area contributed by atoms with E-state index in [0.29, 0.717) is 10.9 Å². The Morgan fingerprint density at radius 1 is 1.16 bits per heavy atom. The van der Waals surface area contributed by atoms with Gasteiger partial charge in [0.1, 0.15) is 16.5 Å². The van der Waals surface area contributed by atoms with Crippen LogP contribution < -0.4 is 0 Å². The standard InChI is InChI=1S/C15H15F2NO4S3/c16-11-3-4-12(17)15(10-11)25(21,22)18-6-5-14(13-2-1-8-23-13)24(19,20)9-7-18/h1-4,8,10,14H,5-7,9H2. The third-order valence-corrected chi connectivity index (χ3v) is 9.23. The third-order valence-electron chi connectivity index (χ3n) is 4.07. The van der Waals surface area contributed by atoms with Crippen LogP contribution in [0, 0.1) is 11.6 Å². The van der Waals surface area contributed by atoms with Gasteiger partial charge in [0, 0.05) is 18.0 Å². The summed E-state index contributed by atoms with van der Waals surface area (Å²) in [5.74, 6) is -2.31. The van der Waals surface area contributed by atoms with E-state index in [4.69, 9.17) is 0 Å². The third kappa shape index (κ3) is 3.62. The summed E-state index contributed by atoms with van der Waals surface area (Å²) in [6.45, 7) is -0.372. The van der Waals surface area contributed by atoms with E-state index in [1.165, 1.54) is 11.3 Å². The van der Waals surface area contributed by atoms with Gasteiger partial charge < -0.3 is 0 Å². The lowest BCUT2D eigenvalue weighted by atomic mass is 10.2. The highest BCUT2D eigenvalue weighted by molar-refractivity contribution is 7.92. The number of nitrogens with zero attached hydrogens (tertiary/aromatic N) is 1. The molecule has 1 unspecified atom stereocenters. The quantitative estimate of drug-likeness (QED) is 0.784. The SMILES string of the molecule is O=S1(=O)CCN(S(=O)(=O)c2cc(F)ccc2F)CCC1c1cccs1. The lowest BCUT2D eigenvalue weighted by Gasteiger charge is -2.20. The molecule has 2 aromatic rings. The molecular formula is C15H15F2NO4S3. The summed E-state index contributed by atoms with van der Waals surface area (Å²) in [5, 5.41) is 0.969. The number of hydrogen-bond acceptors (Lipinski definition) is 5. The zero-order valence-electron chi connectivity index (χ0n) is 12.9. The normalized spacial score (nSPS) is 21.8. The van der Waals surface area contributed by atoms with Crippen LogP contribution in [0.15, 0.2) is 40.6 Å². The van der Waals surface area contributed by atoms with E-state index in [-0.39, 0.29) is 25.3 Å². The largest absolute Gasteiger partial charge is 0.246 e. The average Bonchev–Trinajstić information content (AvgIpc) is 3.00. The summed E-state index contributed by atoms with van der Waals surface area (Å²) < 4.78 is 78.4. The lowest BCUT2D eigenvalue weighted by Crippen LogP contribution is -2.34. The van der Waals surface area contributed by atoms with E-state index in [1.807, 2.05) is 0 Å². The first kappa shape index (κ1) is 18.4. The molecule has 0 aliphatic carbocycles. The van der Waals surface area contributed by atoms with Gasteiger partial charge in [0.15, 0.2) is 9.84 Å². The molecule has 3 rings (SSSR count). The molecule has 10 heteroatoms. The van der Waals surface area contributed by atoms with Crippen LogP contribution in [-0.2, 0) is 19.9 Å². The second-order valence-electron chi connectivity index (χ2n) is 5.64. The van der Waals surface area contributed by atoms with Gasteiger partial charge in [-0.25, -0.2) is 25.6 Å². The molecule has 25 heavy (non-hydrogen) atoms. The van der Waals surface area contributed by atoms with Crippen LogP contribution in [0.3, 0.4) is 0 Å². The number of rotatable bonds is 3. The minimum Gasteiger partial charge on any atom is -0.228 e. The molecule has 0 bridgehead atoms. The van der Waals surface area contributed by atoms with Gasteiger partial charge in [-0.1, -0.05) is 6.07 Å². The van der Waals surface area contributed by atoms with Crippen LogP contribution in [0.4, 0.5) is 8.78 Å². The molecule has 5 nitrogen and oxygen atoms in total. The number of sulfonamides is 1.